The Morgan fingerprint density at radius 1 is 0.742 bits per heavy atom. The largest absolute Gasteiger partial charge is 0.232 e. The van der Waals surface area contributed by atoms with Crippen LogP contribution in [0.4, 0.5) is 0 Å². The van der Waals surface area contributed by atoms with E-state index in [0.29, 0.717) is 5.92 Å². The molecule has 0 fully saturated rings. The molecule has 0 N–H and O–H groups in total. The normalized spacial score (nSPS) is 12.0. The van der Waals surface area contributed by atoms with Gasteiger partial charge in [-0.05, 0) is 52.1 Å². The molecule has 0 aliphatic carbocycles. The number of rotatable bonds is 2. The van der Waals surface area contributed by atoms with Gasteiger partial charge in [0.25, 0.3) is 0 Å². The van der Waals surface area contributed by atoms with Crippen molar-refractivity contribution in [2.75, 3.05) is 0 Å². The Morgan fingerprint density at radius 2 is 1.48 bits per heavy atom. The Kier molecular flexibility index (Phi) is 4.09. The van der Waals surface area contributed by atoms with Crippen LogP contribution in [0.25, 0.3) is 53.1 Å². The molecule has 3 heteroatoms. The molecule has 4 aromatic carbocycles. The Hall–Kier alpha value is -3.30. The van der Waals surface area contributed by atoms with Crippen LogP contribution in [0.1, 0.15) is 31.2 Å². The van der Waals surface area contributed by atoms with Gasteiger partial charge in [0.05, 0.1) is 5.69 Å². The van der Waals surface area contributed by atoms with Crippen LogP contribution in [0.2, 0.25) is 0 Å². The standard InChI is InChI=1S/C28H22N2S/c1-16(2)24-15-20(14-19-9-5-6-10-21(19)24)26-25-23-13-12-18-8-4-7-11-22(18)27(23)31-28(25)30-17(3)29-26/h4-16H,1-3H3. The molecule has 0 radical (unpaired) electrons. The highest BCUT2D eigenvalue weighted by Gasteiger charge is 2.18. The lowest BCUT2D eigenvalue weighted by molar-refractivity contribution is 0.876. The van der Waals surface area contributed by atoms with E-state index in [-0.39, 0.29) is 0 Å². The zero-order valence-electron chi connectivity index (χ0n) is 17.8. The van der Waals surface area contributed by atoms with E-state index in [1.165, 1.54) is 48.1 Å². The van der Waals surface area contributed by atoms with E-state index < -0.39 is 0 Å². The summed E-state index contributed by atoms with van der Waals surface area (Å²) < 4.78 is 1.29. The van der Waals surface area contributed by atoms with E-state index in [4.69, 9.17) is 9.97 Å². The molecule has 150 valence electrons. The minimum absolute atomic E-state index is 0.437. The molecule has 31 heavy (non-hydrogen) atoms. The van der Waals surface area contributed by atoms with E-state index >= 15 is 0 Å². The van der Waals surface area contributed by atoms with Gasteiger partial charge in [0, 0.05) is 21.0 Å². The molecule has 0 saturated heterocycles. The van der Waals surface area contributed by atoms with Crippen molar-refractivity contribution >= 4 is 53.2 Å². The van der Waals surface area contributed by atoms with Gasteiger partial charge < -0.3 is 0 Å². The molecule has 6 rings (SSSR count). The minimum atomic E-state index is 0.437. The lowest BCUT2D eigenvalue weighted by atomic mass is 9.92. The second kappa shape index (κ2) is 6.86. The molecule has 0 amide bonds. The Morgan fingerprint density at radius 3 is 2.29 bits per heavy atom. The summed E-state index contributed by atoms with van der Waals surface area (Å²) in [5.41, 5.74) is 3.57. The van der Waals surface area contributed by atoms with E-state index in [1.54, 1.807) is 11.3 Å². The number of aromatic nitrogens is 2. The summed E-state index contributed by atoms with van der Waals surface area (Å²) in [6.45, 7) is 6.52. The Labute approximate surface area is 185 Å². The number of thiophene rings is 1. The first-order valence-electron chi connectivity index (χ1n) is 10.7. The first kappa shape index (κ1) is 18.5. The summed E-state index contributed by atoms with van der Waals surface area (Å²) >= 11 is 1.78. The topological polar surface area (TPSA) is 25.8 Å². The van der Waals surface area contributed by atoms with Crippen molar-refractivity contribution in [3.05, 3.63) is 84.2 Å². The van der Waals surface area contributed by atoms with Crippen LogP contribution >= 0.6 is 11.3 Å². The average Bonchev–Trinajstić information content (AvgIpc) is 3.16. The van der Waals surface area contributed by atoms with Gasteiger partial charge in [0.1, 0.15) is 10.7 Å². The monoisotopic (exact) mass is 418 g/mol. The summed E-state index contributed by atoms with van der Waals surface area (Å²) in [4.78, 5) is 10.9. The van der Waals surface area contributed by atoms with Gasteiger partial charge in [-0.3, -0.25) is 0 Å². The maximum atomic E-state index is 4.98. The summed E-state index contributed by atoms with van der Waals surface area (Å²) in [6.07, 6.45) is 0. The molecule has 2 heterocycles. The third-order valence-corrected chi connectivity index (χ3v) is 7.26. The van der Waals surface area contributed by atoms with Crippen molar-refractivity contribution in [3.8, 4) is 11.3 Å². The lowest BCUT2D eigenvalue weighted by Gasteiger charge is -2.14. The summed E-state index contributed by atoms with van der Waals surface area (Å²) in [6, 6.07) is 26.3. The number of hydrogen-bond donors (Lipinski definition) is 0. The SMILES string of the molecule is Cc1nc(-c2cc(C(C)C)c3ccccc3c2)c2c(n1)sc1c3ccccc3ccc12. The number of hydrogen-bond acceptors (Lipinski definition) is 3. The van der Waals surface area contributed by atoms with Crippen molar-refractivity contribution in [3.63, 3.8) is 0 Å². The Bertz CT molecular complexity index is 1630. The minimum Gasteiger partial charge on any atom is -0.232 e. The quantitative estimate of drug-likeness (QED) is 0.283. The molecule has 0 aliphatic heterocycles. The van der Waals surface area contributed by atoms with Gasteiger partial charge in [0.15, 0.2) is 0 Å². The van der Waals surface area contributed by atoms with Gasteiger partial charge in [-0.15, -0.1) is 11.3 Å². The zero-order chi connectivity index (χ0) is 21.1. The molecular weight excluding hydrogens is 396 g/mol. The molecular formula is C28H22N2S. The fourth-order valence-electron chi connectivity index (χ4n) is 4.67. The van der Waals surface area contributed by atoms with Crippen molar-refractivity contribution in [2.24, 2.45) is 0 Å². The molecule has 2 aromatic heterocycles. The van der Waals surface area contributed by atoms with Gasteiger partial charge in [-0.2, -0.15) is 0 Å². The fraction of sp³-hybridized carbons (Fsp3) is 0.143. The number of nitrogens with zero attached hydrogens (tertiary/aromatic N) is 2. The van der Waals surface area contributed by atoms with Crippen molar-refractivity contribution < 1.29 is 0 Å². The first-order chi connectivity index (χ1) is 15.1. The summed E-state index contributed by atoms with van der Waals surface area (Å²) in [5, 5.41) is 7.55. The second-order valence-corrected chi connectivity index (χ2v) is 9.51. The van der Waals surface area contributed by atoms with Gasteiger partial charge in [-0.1, -0.05) is 74.5 Å². The highest BCUT2D eigenvalue weighted by molar-refractivity contribution is 7.26. The van der Waals surface area contributed by atoms with Gasteiger partial charge in [0.2, 0.25) is 0 Å². The zero-order valence-corrected chi connectivity index (χ0v) is 18.6. The highest BCUT2D eigenvalue weighted by atomic mass is 32.1. The molecule has 0 aliphatic rings. The predicted octanol–water partition coefficient (Wildman–Crippen LogP) is 8.25. The van der Waals surface area contributed by atoms with Crippen LogP contribution in [0.3, 0.4) is 0 Å². The Balaban J connectivity index is 1.75. The van der Waals surface area contributed by atoms with Crippen molar-refractivity contribution in [1.29, 1.82) is 0 Å². The van der Waals surface area contributed by atoms with Crippen LogP contribution in [-0.4, -0.2) is 9.97 Å². The maximum Gasteiger partial charge on any atom is 0.128 e. The number of fused-ring (bicyclic) bond motifs is 6. The van der Waals surface area contributed by atoms with Crippen molar-refractivity contribution in [1.82, 2.24) is 9.97 Å². The van der Waals surface area contributed by atoms with E-state index in [2.05, 4.69) is 86.6 Å². The highest BCUT2D eigenvalue weighted by Crippen LogP contribution is 2.42. The summed E-state index contributed by atoms with van der Waals surface area (Å²) in [7, 11) is 0. The van der Waals surface area contributed by atoms with Gasteiger partial charge >= 0.3 is 0 Å². The first-order valence-corrected chi connectivity index (χ1v) is 11.5. The van der Waals surface area contributed by atoms with E-state index in [0.717, 1.165) is 16.3 Å². The van der Waals surface area contributed by atoms with Gasteiger partial charge in [-0.25, -0.2) is 9.97 Å². The molecule has 0 bridgehead atoms. The lowest BCUT2D eigenvalue weighted by Crippen LogP contribution is -1.95. The molecule has 0 unspecified atom stereocenters. The molecule has 2 nitrogen and oxygen atoms in total. The fourth-order valence-corrected chi connectivity index (χ4v) is 5.93. The molecule has 0 spiro atoms. The molecule has 0 saturated carbocycles. The summed E-state index contributed by atoms with van der Waals surface area (Å²) in [5.74, 6) is 1.25. The van der Waals surface area contributed by atoms with E-state index in [9.17, 15) is 0 Å². The van der Waals surface area contributed by atoms with Crippen LogP contribution in [0.5, 0.6) is 0 Å². The third kappa shape index (κ3) is 2.84. The second-order valence-electron chi connectivity index (χ2n) is 8.51. The van der Waals surface area contributed by atoms with Crippen molar-refractivity contribution in [2.45, 2.75) is 26.7 Å². The number of aryl methyl sites for hydroxylation is 1. The molecule has 0 atom stereocenters. The van der Waals surface area contributed by atoms with E-state index in [1.807, 2.05) is 6.92 Å². The predicted molar refractivity (Wildman–Crippen MR) is 134 cm³/mol. The van der Waals surface area contributed by atoms with Crippen LogP contribution in [-0.2, 0) is 0 Å². The third-order valence-electron chi connectivity index (χ3n) is 6.12. The van der Waals surface area contributed by atoms with Crippen LogP contribution in [0.15, 0.2) is 72.8 Å². The van der Waals surface area contributed by atoms with Crippen LogP contribution in [0, 0.1) is 6.92 Å². The average molecular weight is 419 g/mol. The molecule has 6 aromatic rings. The maximum absolute atomic E-state index is 4.98. The smallest absolute Gasteiger partial charge is 0.128 e. The van der Waals surface area contributed by atoms with Crippen LogP contribution < -0.4 is 0 Å². The number of benzene rings is 4.